The number of sulfonamides is 1. The van der Waals surface area contributed by atoms with Crippen LogP contribution in [0.1, 0.15) is 29.5 Å². The molecule has 7 heteroatoms. The van der Waals surface area contributed by atoms with Gasteiger partial charge in [-0.2, -0.15) is 4.31 Å². The Morgan fingerprint density at radius 2 is 1.86 bits per heavy atom. The molecule has 1 fully saturated rings. The molecule has 1 N–H and O–H groups in total. The Bertz CT molecular complexity index is 967. The van der Waals surface area contributed by atoms with Gasteiger partial charge in [0.15, 0.2) is 0 Å². The Balaban J connectivity index is 1.58. The van der Waals surface area contributed by atoms with E-state index < -0.39 is 10.0 Å². The Labute approximate surface area is 171 Å². The SMILES string of the molecule is Cc1ccc(S(=O)(=O)N2CCC(C(=O)NCc3cccc(Cl)c3)CC2)c(C)c1. The second-order valence-electron chi connectivity index (χ2n) is 7.30. The van der Waals surface area contributed by atoms with Crippen molar-refractivity contribution in [3.05, 3.63) is 64.2 Å². The van der Waals surface area contributed by atoms with Crippen molar-refractivity contribution < 1.29 is 13.2 Å². The second kappa shape index (κ2) is 8.64. The van der Waals surface area contributed by atoms with E-state index in [1.807, 2.05) is 44.2 Å². The molecule has 5 nitrogen and oxygen atoms in total. The molecule has 0 spiro atoms. The summed E-state index contributed by atoms with van der Waals surface area (Å²) in [6, 6.07) is 12.7. The fraction of sp³-hybridized carbons (Fsp3) is 0.381. The van der Waals surface area contributed by atoms with Gasteiger partial charge in [0.05, 0.1) is 4.90 Å². The summed E-state index contributed by atoms with van der Waals surface area (Å²) in [6.45, 7) is 4.88. The van der Waals surface area contributed by atoms with Gasteiger partial charge in [-0.3, -0.25) is 4.79 Å². The van der Waals surface area contributed by atoms with E-state index in [1.54, 1.807) is 12.1 Å². The van der Waals surface area contributed by atoms with Gasteiger partial charge in [0.2, 0.25) is 15.9 Å². The van der Waals surface area contributed by atoms with Crippen LogP contribution in [0.25, 0.3) is 0 Å². The third-order valence-electron chi connectivity index (χ3n) is 5.13. The molecule has 1 aliphatic heterocycles. The quantitative estimate of drug-likeness (QED) is 0.802. The van der Waals surface area contributed by atoms with Gasteiger partial charge in [-0.05, 0) is 56.0 Å². The summed E-state index contributed by atoms with van der Waals surface area (Å²) in [5, 5.41) is 3.57. The number of hydrogen-bond acceptors (Lipinski definition) is 3. The fourth-order valence-corrected chi connectivity index (χ4v) is 5.46. The minimum absolute atomic E-state index is 0.0384. The zero-order chi connectivity index (χ0) is 20.3. The van der Waals surface area contributed by atoms with E-state index in [1.165, 1.54) is 4.31 Å². The molecule has 0 radical (unpaired) electrons. The lowest BCUT2D eigenvalue weighted by atomic mass is 9.97. The standard InChI is InChI=1S/C21H25ClN2O3S/c1-15-6-7-20(16(2)12-15)28(26,27)24-10-8-18(9-11-24)21(25)23-14-17-4-3-5-19(22)13-17/h3-7,12-13,18H,8-11,14H2,1-2H3,(H,23,25). The molecule has 1 saturated heterocycles. The van der Waals surface area contributed by atoms with Crippen molar-refractivity contribution in [1.82, 2.24) is 9.62 Å². The Morgan fingerprint density at radius 3 is 2.50 bits per heavy atom. The smallest absolute Gasteiger partial charge is 0.243 e. The predicted molar refractivity (Wildman–Crippen MR) is 111 cm³/mol. The Morgan fingerprint density at radius 1 is 1.14 bits per heavy atom. The third kappa shape index (κ3) is 4.74. The number of amides is 1. The van der Waals surface area contributed by atoms with Gasteiger partial charge >= 0.3 is 0 Å². The van der Waals surface area contributed by atoms with E-state index in [0.29, 0.717) is 42.4 Å². The summed E-state index contributed by atoms with van der Waals surface area (Å²) in [5.41, 5.74) is 2.73. The number of hydrogen-bond donors (Lipinski definition) is 1. The summed E-state index contributed by atoms with van der Waals surface area (Å²) in [7, 11) is -3.53. The number of nitrogens with zero attached hydrogens (tertiary/aromatic N) is 1. The summed E-state index contributed by atoms with van der Waals surface area (Å²) >= 11 is 5.96. The van der Waals surface area contributed by atoms with Crippen LogP contribution in [0.5, 0.6) is 0 Å². The van der Waals surface area contributed by atoms with Crippen LogP contribution in [0.4, 0.5) is 0 Å². The molecule has 0 aliphatic carbocycles. The van der Waals surface area contributed by atoms with E-state index in [2.05, 4.69) is 5.32 Å². The van der Waals surface area contributed by atoms with E-state index >= 15 is 0 Å². The molecule has 0 bridgehead atoms. The van der Waals surface area contributed by atoms with Crippen molar-refractivity contribution in [2.24, 2.45) is 5.92 Å². The average Bonchev–Trinajstić information content (AvgIpc) is 2.66. The largest absolute Gasteiger partial charge is 0.352 e. The molecular weight excluding hydrogens is 396 g/mol. The van der Waals surface area contributed by atoms with Crippen molar-refractivity contribution in [3.8, 4) is 0 Å². The fourth-order valence-electron chi connectivity index (χ4n) is 3.57. The first-order chi connectivity index (χ1) is 13.3. The highest BCUT2D eigenvalue weighted by atomic mass is 35.5. The summed E-state index contributed by atoms with van der Waals surface area (Å²) in [5.74, 6) is -0.215. The number of piperidine rings is 1. The molecule has 0 unspecified atom stereocenters. The van der Waals surface area contributed by atoms with Crippen LogP contribution in [0.3, 0.4) is 0 Å². The monoisotopic (exact) mass is 420 g/mol. The molecule has 1 heterocycles. The molecule has 0 atom stereocenters. The van der Waals surface area contributed by atoms with Gasteiger partial charge in [0, 0.05) is 30.6 Å². The highest BCUT2D eigenvalue weighted by Gasteiger charge is 2.32. The average molecular weight is 421 g/mol. The topological polar surface area (TPSA) is 66.5 Å². The van der Waals surface area contributed by atoms with Crippen molar-refractivity contribution in [1.29, 1.82) is 0 Å². The van der Waals surface area contributed by atoms with E-state index in [9.17, 15) is 13.2 Å². The van der Waals surface area contributed by atoms with Crippen LogP contribution in [-0.4, -0.2) is 31.7 Å². The van der Waals surface area contributed by atoms with Crippen LogP contribution in [0.2, 0.25) is 5.02 Å². The Hall–Kier alpha value is -1.89. The molecule has 2 aromatic carbocycles. The van der Waals surface area contributed by atoms with Crippen LogP contribution in [-0.2, 0) is 21.4 Å². The van der Waals surface area contributed by atoms with E-state index in [0.717, 1.165) is 16.7 Å². The normalized spacial score (nSPS) is 16.1. The number of rotatable bonds is 5. The minimum Gasteiger partial charge on any atom is -0.352 e. The molecule has 1 amide bonds. The second-order valence-corrected chi connectivity index (χ2v) is 9.64. The van der Waals surface area contributed by atoms with Gasteiger partial charge in [0.25, 0.3) is 0 Å². The van der Waals surface area contributed by atoms with Crippen molar-refractivity contribution in [3.63, 3.8) is 0 Å². The van der Waals surface area contributed by atoms with Gasteiger partial charge in [-0.1, -0.05) is 41.4 Å². The van der Waals surface area contributed by atoms with Crippen molar-refractivity contribution in [2.45, 2.75) is 38.1 Å². The predicted octanol–water partition coefficient (Wildman–Crippen LogP) is 3.67. The summed E-state index contributed by atoms with van der Waals surface area (Å²) < 4.78 is 27.4. The van der Waals surface area contributed by atoms with Crippen LogP contribution in [0, 0.1) is 19.8 Å². The number of aryl methyl sites for hydroxylation is 2. The lowest BCUT2D eigenvalue weighted by Gasteiger charge is -2.31. The van der Waals surface area contributed by atoms with Crippen molar-refractivity contribution in [2.75, 3.05) is 13.1 Å². The van der Waals surface area contributed by atoms with Crippen LogP contribution < -0.4 is 5.32 Å². The lowest BCUT2D eigenvalue weighted by molar-refractivity contribution is -0.126. The number of benzene rings is 2. The molecule has 0 saturated carbocycles. The highest BCUT2D eigenvalue weighted by molar-refractivity contribution is 7.89. The van der Waals surface area contributed by atoms with Gasteiger partial charge < -0.3 is 5.32 Å². The maximum Gasteiger partial charge on any atom is 0.243 e. The zero-order valence-corrected chi connectivity index (χ0v) is 17.7. The molecular formula is C21H25ClN2O3S. The highest BCUT2D eigenvalue weighted by Crippen LogP contribution is 2.26. The summed E-state index contributed by atoms with van der Waals surface area (Å²) in [6.07, 6.45) is 1.04. The maximum absolute atomic E-state index is 13.0. The zero-order valence-electron chi connectivity index (χ0n) is 16.1. The van der Waals surface area contributed by atoms with Crippen LogP contribution in [0.15, 0.2) is 47.4 Å². The van der Waals surface area contributed by atoms with Gasteiger partial charge in [-0.15, -0.1) is 0 Å². The summed E-state index contributed by atoms with van der Waals surface area (Å²) in [4.78, 5) is 12.8. The first-order valence-electron chi connectivity index (χ1n) is 9.37. The third-order valence-corrected chi connectivity index (χ3v) is 7.42. The Kier molecular flexibility index (Phi) is 6.43. The number of halogens is 1. The number of carbonyl (C=O) groups excluding carboxylic acids is 1. The molecule has 150 valence electrons. The maximum atomic E-state index is 13.0. The van der Waals surface area contributed by atoms with Gasteiger partial charge in [-0.25, -0.2) is 8.42 Å². The molecule has 28 heavy (non-hydrogen) atoms. The lowest BCUT2D eigenvalue weighted by Crippen LogP contribution is -2.43. The first-order valence-corrected chi connectivity index (χ1v) is 11.2. The molecule has 3 rings (SSSR count). The first kappa shape index (κ1) is 20.8. The van der Waals surface area contributed by atoms with Gasteiger partial charge in [0.1, 0.15) is 0 Å². The van der Waals surface area contributed by atoms with E-state index in [-0.39, 0.29) is 11.8 Å². The minimum atomic E-state index is -3.53. The van der Waals surface area contributed by atoms with Crippen LogP contribution >= 0.6 is 11.6 Å². The van der Waals surface area contributed by atoms with E-state index in [4.69, 9.17) is 11.6 Å². The molecule has 2 aromatic rings. The molecule has 0 aromatic heterocycles. The van der Waals surface area contributed by atoms with Crippen molar-refractivity contribution >= 4 is 27.5 Å². The molecule has 1 aliphatic rings. The number of nitrogens with one attached hydrogen (secondary N) is 1. The number of carbonyl (C=O) groups is 1.